The van der Waals surface area contributed by atoms with Crippen molar-refractivity contribution in [3.05, 3.63) is 0 Å². The predicted molar refractivity (Wildman–Crippen MR) is 45.7 cm³/mol. The van der Waals surface area contributed by atoms with Gasteiger partial charge in [-0.15, -0.1) is 0 Å². The minimum atomic E-state index is 0.0397. The van der Waals surface area contributed by atoms with E-state index in [1.165, 1.54) is 0 Å². The van der Waals surface area contributed by atoms with Crippen LogP contribution in [-0.2, 0) is 4.79 Å². The average Bonchev–Trinajstić information content (AvgIpc) is 2.27. The third-order valence-corrected chi connectivity index (χ3v) is 2.98. The molecular weight excluding hydrogens is 160 g/mol. The maximum atomic E-state index is 10.9. The standard InChI is InChI=1S/C7H10N2OS/c1-5-4-9-3-2-6(10)8-7(9)11-5/h5H,2-4H2,1H3. The molecule has 0 bridgehead atoms. The van der Waals surface area contributed by atoms with Gasteiger partial charge < -0.3 is 4.90 Å². The van der Waals surface area contributed by atoms with E-state index < -0.39 is 0 Å². The zero-order chi connectivity index (χ0) is 7.84. The van der Waals surface area contributed by atoms with Crippen molar-refractivity contribution in [2.24, 2.45) is 4.99 Å². The highest BCUT2D eigenvalue weighted by Crippen LogP contribution is 2.27. The lowest BCUT2D eigenvalue weighted by Crippen LogP contribution is -2.32. The first kappa shape index (κ1) is 7.16. The molecule has 0 aliphatic carbocycles. The number of fused-ring (bicyclic) bond motifs is 1. The molecule has 1 atom stereocenters. The van der Waals surface area contributed by atoms with E-state index in [4.69, 9.17) is 0 Å². The average molecular weight is 170 g/mol. The first-order valence-corrected chi connectivity index (χ1v) is 4.67. The van der Waals surface area contributed by atoms with Crippen molar-refractivity contribution in [1.29, 1.82) is 0 Å². The predicted octanol–water partition coefficient (Wildman–Crippen LogP) is 0.710. The summed E-state index contributed by atoms with van der Waals surface area (Å²) in [6, 6.07) is 0. The Labute approximate surface area is 69.9 Å². The van der Waals surface area contributed by atoms with Gasteiger partial charge in [0.1, 0.15) is 0 Å². The number of carbonyl (C=O) groups is 1. The molecule has 4 heteroatoms. The molecule has 1 fully saturated rings. The van der Waals surface area contributed by atoms with Gasteiger partial charge in [-0.25, -0.2) is 0 Å². The molecule has 2 aliphatic heterocycles. The van der Waals surface area contributed by atoms with E-state index in [0.717, 1.165) is 18.3 Å². The molecule has 3 nitrogen and oxygen atoms in total. The number of nitrogens with zero attached hydrogens (tertiary/aromatic N) is 2. The van der Waals surface area contributed by atoms with Gasteiger partial charge in [-0.3, -0.25) is 4.79 Å². The molecule has 2 aliphatic rings. The van der Waals surface area contributed by atoms with Gasteiger partial charge in [-0.1, -0.05) is 18.7 Å². The van der Waals surface area contributed by atoms with Crippen LogP contribution in [0.15, 0.2) is 4.99 Å². The van der Waals surface area contributed by atoms with Gasteiger partial charge in [0, 0.05) is 24.8 Å². The molecule has 0 aromatic heterocycles. The van der Waals surface area contributed by atoms with E-state index in [-0.39, 0.29) is 5.91 Å². The zero-order valence-corrected chi connectivity index (χ0v) is 7.23. The molecular formula is C7H10N2OS. The fourth-order valence-corrected chi connectivity index (χ4v) is 2.44. The van der Waals surface area contributed by atoms with Gasteiger partial charge in [-0.2, -0.15) is 4.99 Å². The van der Waals surface area contributed by atoms with E-state index in [1.54, 1.807) is 11.8 Å². The van der Waals surface area contributed by atoms with E-state index in [2.05, 4.69) is 16.8 Å². The zero-order valence-electron chi connectivity index (χ0n) is 6.41. The van der Waals surface area contributed by atoms with Crippen LogP contribution in [0.3, 0.4) is 0 Å². The molecule has 0 radical (unpaired) electrons. The van der Waals surface area contributed by atoms with Crippen molar-refractivity contribution in [3.8, 4) is 0 Å². The first-order chi connectivity index (χ1) is 5.25. The van der Waals surface area contributed by atoms with Crippen molar-refractivity contribution < 1.29 is 4.79 Å². The van der Waals surface area contributed by atoms with Gasteiger partial charge in [-0.05, 0) is 0 Å². The fraction of sp³-hybridized carbons (Fsp3) is 0.714. The fourth-order valence-electron chi connectivity index (χ4n) is 1.36. The molecule has 0 saturated carbocycles. The highest BCUT2D eigenvalue weighted by atomic mass is 32.2. The Balaban J connectivity index is 2.20. The van der Waals surface area contributed by atoms with Crippen LogP contribution in [0.2, 0.25) is 0 Å². The van der Waals surface area contributed by atoms with E-state index >= 15 is 0 Å². The highest BCUT2D eigenvalue weighted by molar-refractivity contribution is 8.14. The normalized spacial score (nSPS) is 30.3. The SMILES string of the molecule is CC1CN2CCC(=O)N=C2S1. The number of rotatable bonds is 0. The van der Waals surface area contributed by atoms with Crippen molar-refractivity contribution in [2.75, 3.05) is 13.1 Å². The van der Waals surface area contributed by atoms with Crippen LogP contribution in [0.4, 0.5) is 0 Å². The van der Waals surface area contributed by atoms with Gasteiger partial charge in [0.15, 0.2) is 5.17 Å². The molecule has 1 unspecified atom stereocenters. The monoisotopic (exact) mass is 170 g/mol. The Morgan fingerprint density at radius 2 is 2.55 bits per heavy atom. The lowest BCUT2D eigenvalue weighted by Gasteiger charge is -2.19. The topological polar surface area (TPSA) is 32.7 Å². The summed E-state index contributed by atoms with van der Waals surface area (Å²) in [6.07, 6.45) is 0.594. The van der Waals surface area contributed by atoms with Crippen LogP contribution < -0.4 is 0 Å². The van der Waals surface area contributed by atoms with Crippen molar-refractivity contribution in [1.82, 2.24) is 4.90 Å². The van der Waals surface area contributed by atoms with E-state index in [1.807, 2.05) is 0 Å². The highest BCUT2D eigenvalue weighted by Gasteiger charge is 2.29. The molecule has 1 saturated heterocycles. The summed E-state index contributed by atoms with van der Waals surface area (Å²) in [5.74, 6) is 0.0397. The Morgan fingerprint density at radius 1 is 1.73 bits per heavy atom. The van der Waals surface area contributed by atoms with E-state index in [9.17, 15) is 4.79 Å². The molecule has 2 rings (SSSR count). The van der Waals surface area contributed by atoms with Crippen molar-refractivity contribution in [3.63, 3.8) is 0 Å². The maximum Gasteiger partial charge on any atom is 0.249 e. The van der Waals surface area contributed by atoms with Gasteiger partial charge in [0.2, 0.25) is 5.91 Å². The molecule has 0 aromatic rings. The first-order valence-electron chi connectivity index (χ1n) is 3.79. The van der Waals surface area contributed by atoms with Gasteiger partial charge in [0.05, 0.1) is 0 Å². The molecule has 60 valence electrons. The second-order valence-corrected chi connectivity index (χ2v) is 4.32. The third kappa shape index (κ3) is 1.27. The van der Waals surface area contributed by atoms with Crippen molar-refractivity contribution in [2.45, 2.75) is 18.6 Å². The lowest BCUT2D eigenvalue weighted by atomic mass is 10.3. The van der Waals surface area contributed by atoms with Crippen LogP contribution in [0.25, 0.3) is 0 Å². The largest absolute Gasteiger partial charge is 0.349 e. The van der Waals surface area contributed by atoms with Gasteiger partial charge >= 0.3 is 0 Å². The number of aliphatic imine (C=N–C) groups is 1. The van der Waals surface area contributed by atoms with Crippen molar-refractivity contribution >= 4 is 22.8 Å². The molecule has 2 heterocycles. The lowest BCUT2D eigenvalue weighted by molar-refractivity contribution is -0.118. The number of thioether (sulfide) groups is 1. The van der Waals surface area contributed by atoms with Crippen LogP contribution in [0.1, 0.15) is 13.3 Å². The summed E-state index contributed by atoms with van der Waals surface area (Å²) >= 11 is 1.71. The summed E-state index contributed by atoms with van der Waals surface area (Å²) in [6.45, 7) is 4.09. The smallest absolute Gasteiger partial charge is 0.249 e. The number of carbonyl (C=O) groups excluding carboxylic acids is 1. The summed E-state index contributed by atoms with van der Waals surface area (Å²) < 4.78 is 0. The van der Waals surface area contributed by atoms with Gasteiger partial charge in [0.25, 0.3) is 0 Å². The van der Waals surface area contributed by atoms with E-state index in [0.29, 0.717) is 11.7 Å². The minimum absolute atomic E-state index is 0.0397. The molecule has 0 aromatic carbocycles. The quantitative estimate of drug-likeness (QED) is 0.536. The minimum Gasteiger partial charge on any atom is -0.349 e. The number of amidine groups is 1. The number of amides is 1. The van der Waals surface area contributed by atoms with Crippen LogP contribution in [0, 0.1) is 0 Å². The third-order valence-electron chi connectivity index (χ3n) is 1.87. The van der Waals surface area contributed by atoms with Crippen LogP contribution in [-0.4, -0.2) is 34.3 Å². The van der Waals surface area contributed by atoms with Crippen LogP contribution in [0.5, 0.6) is 0 Å². The maximum absolute atomic E-state index is 10.9. The second kappa shape index (κ2) is 2.52. The second-order valence-electron chi connectivity index (χ2n) is 2.91. The number of hydrogen-bond donors (Lipinski definition) is 0. The summed E-state index contributed by atoms with van der Waals surface area (Å²) in [5.41, 5.74) is 0. The molecule has 0 N–H and O–H groups in total. The Hall–Kier alpha value is -0.510. The Bertz CT molecular complexity index is 226. The summed E-state index contributed by atoms with van der Waals surface area (Å²) in [4.78, 5) is 17.0. The van der Waals surface area contributed by atoms with Crippen LogP contribution >= 0.6 is 11.8 Å². The Morgan fingerprint density at radius 3 is 3.36 bits per heavy atom. The molecule has 1 amide bonds. The summed E-state index contributed by atoms with van der Waals surface area (Å²) in [5, 5.41) is 1.54. The molecule has 0 spiro atoms. The molecule has 11 heavy (non-hydrogen) atoms. The Kier molecular flexibility index (Phi) is 1.64. The number of hydrogen-bond acceptors (Lipinski definition) is 3. The summed E-state index contributed by atoms with van der Waals surface area (Å²) in [7, 11) is 0.